The van der Waals surface area contributed by atoms with Crippen molar-refractivity contribution in [2.75, 3.05) is 25.1 Å². The molecule has 10 atom stereocenters. The molecule has 0 radical (unpaired) electrons. The normalized spacial score (nSPS) is 15.0. The number of nitrogens with two attached hydrogens (primary N) is 4. The Hall–Kier alpha value is -7.25. The second-order valence-electron chi connectivity index (χ2n) is 22.0. The van der Waals surface area contributed by atoms with E-state index < -0.39 is 131 Å². The highest BCUT2D eigenvalue weighted by Gasteiger charge is 2.37. The van der Waals surface area contributed by atoms with E-state index in [1.165, 1.54) is 11.8 Å². The molecule has 3 rings (SSSR count). The van der Waals surface area contributed by atoms with E-state index in [1.54, 1.807) is 61.6 Å². The fourth-order valence-electron chi connectivity index (χ4n) is 9.09. The number of aromatic amines is 1. The third kappa shape index (κ3) is 23.1. The van der Waals surface area contributed by atoms with E-state index in [1.807, 2.05) is 60.9 Å². The molecule has 0 fully saturated rings. The lowest BCUT2D eigenvalue weighted by Gasteiger charge is -2.30. The zero-order valence-corrected chi connectivity index (χ0v) is 50.4. The second-order valence-corrected chi connectivity index (χ2v) is 23.0. The topological polar surface area (TPSA) is 402 Å². The van der Waals surface area contributed by atoms with Gasteiger partial charge in [-0.05, 0) is 104 Å². The zero-order valence-electron chi connectivity index (χ0n) is 49.6. The monoisotopic (exact) mass is 1180 g/mol. The fraction of sp³-hybridized carbons (Fsp3) is 0.586. The first-order chi connectivity index (χ1) is 39.3. The van der Waals surface area contributed by atoms with E-state index in [-0.39, 0.29) is 57.6 Å². The molecule has 25 heteroatoms. The fourth-order valence-corrected chi connectivity index (χ4v) is 9.57. The van der Waals surface area contributed by atoms with Gasteiger partial charge in [0.05, 0.1) is 6.04 Å². The summed E-state index contributed by atoms with van der Waals surface area (Å²) in [6, 6.07) is 5.75. The van der Waals surface area contributed by atoms with Crippen molar-refractivity contribution < 1.29 is 48.3 Å². The minimum absolute atomic E-state index is 0.0345. The van der Waals surface area contributed by atoms with Crippen molar-refractivity contribution in [2.45, 2.75) is 168 Å². The maximum absolute atomic E-state index is 14.5. The molecule has 1 aromatic heterocycles. The highest BCUT2D eigenvalue weighted by atomic mass is 32.2. The number of rotatable bonds is 37. The van der Waals surface area contributed by atoms with Gasteiger partial charge in [0, 0.05) is 30.1 Å². The molecule has 0 unspecified atom stereocenters. The number of amides is 8. The number of hydrogen-bond acceptors (Lipinski definition) is 13. The lowest BCUT2D eigenvalue weighted by Crippen LogP contribution is -2.62. The Kier molecular flexibility index (Phi) is 30.1. The number of unbranched alkanes of at least 4 members (excludes halogenated alkanes) is 1. The van der Waals surface area contributed by atoms with Gasteiger partial charge in [0.15, 0.2) is 5.96 Å². The number of thioether (sulfide) groups is 1. The number of hydrogen-bond donors (Lipinski definition) is 14. The molecule has 0 bridgehead atoms. The van der Waals surface area contributed by atoms with E-state index in [0.717, 1.165) is 16.5 Å². The molecule has 0 spiro atoms. The number of H-pyrrole nitrogens is 1. The van der Waals surface area contributed by atoms with Gasteiger partial charge < -0.3 is 75.6 Å². The molecule has 2 aromatic carbocycles. The molecule has 460 valence electrons. The SMILES string of the molecule is CC[C@H](C)[C@H](NC(=O)[C@H](CCCN=C(N)N)NC(=O)[C@H](CCCCN)NC(=O)[C@H](CCSC)NC(=O)[C@@H](NC(=O)[C@@H](NC(=O)[C@@H](N)Cc1ccccc1)C(C)C)C(C)C)C(=O)N[C@H](C(=O)N[C@@H](Cc1c[nH]c2ccccc12)C(=O)O)C(C)C. The van der Waals surface area contributed by atoms with Gasteiger partial charge >= 0.3 is 5.97 Å². The number of carbonyl (C=O) groups excluding carboxylic acids is 8. The Bertz CT molecular complexity index is 2630. The summed E-state index contributed by atoms with van der Waals surface area (Å²) in [5.74, 6) is -8.60. The van der Waals surface area contributed by atoms with E-state index in [9.17, 15) is 48.3 Å². The molecule has 0 aliphatic heterocycles. The van der Waals surface area contributed by atoms with Gasteiger partial charge in [-0.15, -0.1) is 0 Å². The van der Waals surface area contributed by atoms with Crippen LogP contribution in [-0.2, 0) is 56.0 Å². The number of carbonyl (C=O) groups is 9. The number of para-hydroxylation sites is 1. The Morgan fingerprint density at radius 3 is 1.54 bits per heavy atom. The third-order valence-corrected chi connectivity index (χ3v) is 14.9. The number of aliphatic imine (C=N–C) groups is 1. The van der Waals surface area contributed by atoms with Crippen LogP contribution in [0.15, 0.2) is 65.8 Å². The van der Waals surface area contributed by atoms with Crippen molar-refractivity contribution in [3.63, 3.8) is 0 Å². The van der Waals surface area contributed by atoms with Crippen LogP contribution in [0, 0.1) is 23.7 Å². The predicted octanol–water partition coefficient (Wildman–Crippen LogP) is 1.19. The average Bonchev–Trinajstić information content (AvgIpc) is 4.08. The van der Waals surface area contributed by atoms with Crippen molar-refractivity contribution in [1.82, 2.24) is 47.5 Å². The van der Waals surface area contributed by atoms with Crippen LogP contribution in [0.1, 0.15) is 111 Å². The van der Waals surface area contributed by atoms with E-state index >= 15 is 0 Å². The summed E-state index contributed by atoms with van der Waals surface area (Å²) in [4.78, 5) is 132. The van der Waals surface area contributed by atoms with Gasteiger partial charge in [-0.25, -0.2) is 4.79 Å². The Morgan fingerprint density at radius 1 is 0.566 bits per heavy atom. The molecule has 0 aliphatic carbocycles. The average molecular weight is 1180 g/mol. The van der Waals surface area contributed by atoms with E-state index in [4.69, 9.17) is 22.9 Å². The second kappa shape index (κ2) is 35.7. The summed E-state index contributed by atoms with van der Waals surface area (Å²) < 4.78 is 0. The number of guanidine groups is 1. The molecule has 1 heterocycles. The first kappa shape index (κ1) is 70.0. The molecule has 0 saturated carbocycles. The smallest absolute Gasteiger partial charge is 0.326 e. The number of nitrogens with zero attached hydrogens (tertiary/aromatic N) is 1. The predicted molar refractivity (Wildman–Crippen MR) is 323 cm³/mol. The van der Waals surface area contributed by atoms with Crippen molar-refractivity contribution in [1.29, 1.82) is 0 Å². The molecule has 8 amide bonds. The number of aliphatic carboxylic acids is 1. The summed E-state index contributed by atoms with van der Waals surface area (Å²) in [5, 5.41) is 33.0. The molecule has 0 aliphatic rings. The Morgan fingerprint density at radius 2 is 1.02 bits per heavy atom. The molecular weight excluding hydrogens is 1080 g/mol. The number of fused-ring (bicyclic) bond motifs is 1. The first-order valence-electron chi connectivity index (χ1n) is 28.6. The molecule has 3 aromatic rings. The largest absolute Gasteiger partial charge is 0.480 e. The summed E-state index contributed by atoms with van der Waals surface area (Å²) in [6.07, 6.45) is 5.28. The number of benzene rings is 2. The highest BCUT2D eigenvalue weighted by Crippen LogP contribution is 2.20. The van der Waals surface area contributed by atoms with Gasteiger partial charge in [-0.1, -0.05) is 110 Å². The van der Waals surface area contributed by atoms with Crippen LogP contribution in [0.4, 0.5) is 0 Å². The number of carboxylic acids is 1. The minimum Gasteiger partial charge on any atom is -0.480 e. The summed E-state index contributed by atoms with van der Waals surface area (Å²) >= 11 is 1.42. The summed E-state index contributed by atoms with van der Waals surface area (Å²) in [7, 11) is 0. The van der Waals surface area contributed by atoms with Crippen LogP contribution >= 0.6 is 11.8 Å². The number of carboxylic acid groups (broad SMARTS) is 1. The molecule has 83 heavy (non-hydrogen) atoms. The van der Waals surface area contributed by atoms with Crippen LogP contribution in [0.25, 0.3) is 10.9 Å². The molecule has 0 saturated heterocycles. The summed E-state index contributed by atoms with van der Waals surface area (Å²) in [5.41, 5.74) is 25.5. The standard InChI is InChI=1S/C58H92N14O10S/c1-10-35(8)48(56(80)71-46(33(4)5)54(78)68-44(57(81)82)30-37-31-64-40-22-15-14-21-38(37)40)72-52(76)42(24-18-27-63-58(61)62)66-50(74)41(23-16-17-26-59)65-51(75)43(25-28-83-9)67-53(77)45(32(2)3)70-55(79)47(34(6)7)69-49(73)39(60)29-36-19-12-11-13-20-36/h11-15,19-22,31-35,39,41-48,64H,10,16-18,23-30,59-60H2,1-9H3,(H,65,75)(H,66,74)(H,67,77)(H,68,78)(H,69,73)(H,70,79)(H,71,80)(H,72,76)(H,81,82)(H4,61,62,63)/t35-,39-,41-,42-,43-,44-,45-,46-,47-,48-/m0/s1. The van der Waals surface area contributed by atoms with Crippen LogP contribution < -0.4 is 65.5 Å². The third-order valence-electron chi connectivity index (χ3n) is 14.3. The van der Waals surface area contributed by atoms with E-state index in [2.05, 4.69) is 52.5 Å². The Labute approximate surface area is 491 Å². The van der Waals surface area contributed by atoms with Gasteiger partial charge in [0.2, 0.25) is 47.3 Å². The summed E-state index contributed by atoms with van der Waals surface area (Å²) in [6.45, 7) is 14.2. The maximum atomic E-state index is 14.5. The van der Waals surface area contributed by atoms with Gasteiger partial charge in [0.1, 0.15) is 48.3 Å². The van der Waals surface area contributed by atoms with Crippen LogP contribution in [0.3, 0.4) is 0 Å². The zero-order chi connectivity index (χ0) is 61.9. The minimum atomic E-state index is -1.35. The lowest BCUT2D eigenvalue weighted by molar-refractivity contribution is -0.142. The quantitative estimate of drug-likeness (QED) is 0.0219. The van der Waals surface area contributed by atoms with Crippen LogP contribution in [0.5, 0.6) is 0 Å². The molecule has 24 nitrogen and oxygen atoms in total. The highest BCUT2D eigenvalue weighted by molar-refractivity contribution is 7.98. The molecular formula is C58H92N14O10S. The number of nitrogens with one attached hydrogen (secondary N) is 9. The lowest BCUT2D eigenvalue weighted by atomic mass is 9.95. The van der Waals surface area contributed by atoms with Gasteiger partial charge in [-0.3, -0.25) is 43.3 Å². The Balaban J connectivity index is 1.86. The van der Waals surface area contributed by atoms with Crippen molar-refractivity contribution >= 4 is 81.9 Å². The van der Waals surface area contributed by atoms with Gasteiger partial charge in [-0.2, -0.15) is 11.8 Å². The van der Waals surface area contributed by atoms with Crippen molar-refractivity contribution in [3.05, 3.63) is 71.9 Å². The van der Waals surface area contributed by atoms with Crippen LogP contribution in [0.2, 0.25) is 0 Å². The van der Waals surface area contributed by atoms with E-state index in [0.29, 0.717) is 30.6 Å². The number of aromatic nitrogens is 1. The van der Waals surface area contributed by atoms with Crippen molar-refractivity contribution in [2.24, 2.45) is 51.6 Å². The molecule has 18 N–H and O–H groups in total. The van der Waals surface area contributed by atoms with Crippen molar-refractivity contribution in [3.8, 4) is 0 Å². The maximum Gasteiger partial charge on any atom is 0.326 e. The van der Waals surface area contributed by atoms with Gasteiger partial charge in [0.25, 0.3) is 0 Å². The first-order valence-corrected chi connectivity index (χ1v) is 30.0. The van der Waals surface area contributed by atoms with Crippen LogP contribution in [-0.4, -0.2) is 149 Å².